The summed E-state index contributed by atoms with van der Waals surface area (Å²) >= 11 is 0. The van der Waals surface area contributed by atoms with Gasteiger partial charge in [-0.15, -0.1) is 0 Å². The number of hydrogen-bond acceptors (Lipinski definition) is 15. The van der Waals surface area contributed by atoms with Crippen molar-refractivity contribution in [2.24, 2.45) is 0 Å². The zero-order valence-corrected chi connectivity index (χ0v) is 40.7. The maximum Gasteiger partial charge on any atom is 0.306 e. The van der Waals surface area contributed by atoms with Gasteiger partial charge in [-0.3, -0.25) is 9.59 Å². The van der Waals surface area contributed by atoms with Gasteiger partial charge in [0.25, 0.3) is 0 Å². The number of esters is 2. The molecule has 0 aromatic carbocycles. The lowest BCUT2D eigenvalue weighted by Crippen LogP contribution is -2.61. The van der Waals surface area contributed by atoms with Gasteiger partial charge < -0.3 is 64.2 Å². The highest BCUT2D eigenvalue weighted by molar-refractivity contribution is 5.70. The molecule has 66 heavy (non-hydrogen) atoms. The summed E-state index contributed by atoms with van der Waals surface area (Å²) < 4.78 is 33.6. The second-order valence-electron chi connectivity index (χ2n) is 18.4. The molecule has 2 rings (SSSR count). The molecule has 4 unspecified atom stereocenters. The van der Waals surface area contributed by atoms with E-state index >= 15 is 0 Å². The molecule has 2 aliphatic heterocycles. The molecule has 2 saturated heterocycles. The number of aliphatic hydroxyl groups is 7. The van der Waals surface area contributed by atoms with Gasteiger partial charge in [-0.05, 0) is 44.9 Å². The average molecular weight is 945 g/mol. The van der Waals surface area contributed by atoms with Crippen molar-refractivity contribution in [2.75, 3.05) is 26.4 Å². The van der Waals surface area contributed by atoms with E-state index in [1.165, 1.54) is 96.3 Å². The van der Waals surface area contributed by atoms with Gasteiger partial charge in [-0.2, -0.15) is 0 Å². The molecule has 0 radical (unpaired) electrons. The first-order valence-corrected chi connectivity index (χ1v) is 25.9. The third-order valence-electron chi connectivity index (χ3n) is 12.4. The van der Waals surface area contributed by atoms with Crippen molar-refractivity contribution in [2.45, 2.75) is 261 Å². The molecule has 15 heteroatoms. The molecule has 0 aromatic rings. The van der Waals surface area contributed by atoms with Crippen molar-refractivity contribution >= 4 is 11.9 Å². The van der Waals surface area contributed by atoms with Crippen LogP contribution in [-0.2, 0) is 38.0 Å². The summed E-state index contributed by atoms with van der Waals surface area (Å²) in [5.74, 6) is -0.927. The Morgan fingerprint density at radius 1 is 0.485 bits per heavy atom. The topological polar surface area (TPSA) is 231 Å². The van der Waals surface area contributed by atoms with E-state index in [1.54, 1.807) is 0 Å². The molecular weight excluding hydrogens is 853 g/mol. The Bertz CT molecular complexity index is 1250. The smallest absolute Gasteiger partial charge is 0.306 e. The second-order valence-corrected chi connectivity index (χ2v) is 18.4. The fourth-order valence-corrected chi connectivity index (χ4v) is 8.13. The van der Waals surface area contributed by atoms with Crippen LogP contribution in [0.3, 0.4) is 0 Å². The van der Waals surface area contributed by atoms with Crippen LogP contribution in [0.25, 0.3) is 0 Å². The molecule has 0 amide bonds. The maximum atomic E-state index is 13.0. The minimum atomic E-state index is -1.76. The van der Waals surface area contributed by atoms with E-state index in [1.807, 2.05) is 0 Å². The van der Waals surface area contributed by atoms with Crippen LogP contribution in [0, 0.1) is 0 Å². The molecular formula is C51H92O15. The summed E-state index contributed by atoms with van der Waals surface area (Å²) in [6.45, 7) is 2.57. The highest BCUT2D eigenvalue weighted by atomic mass is 16.7. The van der Waals surface area contributed by atoms with E-state index in [4.69, 9.17) is 28.4 Å². The molecule has 0 spiro atoms. The van der Waals surface area contributed by atoms with Crippen LogP contribution >= 0.6 is 0 Å². The number of allylic oxidation sites excluding steroid dienone is 4. The quantitative estimate of drug-likeness (QED) is 0.0184. The summed E-state index contributed by atoms with van der Waals surface area (Å²) in [6.07, 6.45) is 22.0. The summed E-state index contributed by atoms with van der Waals surface area (Å²) in [4.78, 5) is 25.7. The predicted molar refractivity (Wildman–Crippen MR) is 252 cm³/mol. The first-order chi connectivity index (χ1) is 32.0. The van der Waals surface area contributed by atoms with E-state index in [2.05, 4.69) is 38.2 Å². The Balaban J connectivity index is 1.80. The molecule has 2 fully saturated rings. The van der Waals surface area contributed by atoms with Gasteiger partial charge >= 0.3 is 11.9 Å². The van der Waals surface area contributed by atoms with Crippen molar-refractivity contribution < 1.29 is 73.8 Å². The fourth-order valence-electron chi connectivity index (χ4n) is 8.13. The van der Waals surface area contributed by atoms with Gasteiger partial charge in [0, 0.05) is 12.8 Å². The zero-order chi connectivity index (χ0) is 48.2. The van der Waals surface area contributed by atoms with Crippen molar-refractivity contribution in [3.05, 3.63) is 24.3 Å². The summed E-state index contributed by atoms with van der Waals surface area (Å²) in [5.41, 5.74) is 0. The summed E-state index contributed by atoms with van der Waals surface area (Å²) in [7, 11) is 0. The first kappa shape index (κ1) is 60.1. The summed E-state index contributed by atoms with van der Waals surface area (Å²) in [5, 5.41) is 72.0. The van der Waals surface area contributed by atoms with E-state index in [0.717, 1.165) is 57.8 Å². The Kier molecular flexibility index (Phi) is 35.3. The molecule has 0 aliphatic carbocycles. The minimum absolute atomic E-state index is 0.167. The van der Waals surface area contributed by atoms with Crippen LogP contribution in [0.15, 0.2) is 24.3 Å². The molecule has 2 heterocycles. The maximum absolute atomic E-state index is 13.0. The lowest BCUT2D eigenvalue weighted by molar-refractivity contribution is -0.332. The van der Waals surface area contributed by atoms with Gasteiger partial charge in [0.05, 0.1) is 19.8 Å². The van der Waals surface area contributed by atoms with E-state index in [-0.39, 0.29) is 26.1 Å². The SMILES string of the molecule is CCCCC/C=C/C/C=C/CCCCCCCCCC(=O)OC[C@@H](CO[C@@H]1O[C@H](CO[C@@H]2O[C@H](CO)[C@H](O)C(O)C2O)[C@H](O)C(O)C1O)OC(=O)CCCCCCCCCCCCCCC. The van der Waals surface area contributed by atoms with Gasteiger partial charge in [0.15, 0.2) is 18.7 Å². The molecule has 15 nitrogen and oxygen atoms in total. The molecule has 0 saturated carbocycles. The van der Waals surface area contributed by atoms with Crippen molar-refractivity contribution in [1.29, 1.82) is 0 Å². The molecule has 0 bridgehead atoms. The van der Waals surface area contributed by atoms with Crippen LogP contribution in [0.4, 0.5) is 0 Å². The van der Waals surface area contributed by atoms with Crippen molar-refractivity contribution in [3.63, 3.8) is 0 Å². The Morgan fingerprint density at radius 2 is 0.909 bits per heavy atom. The lowest BCUT2D eigenvalue weighted by Gasteiger charge is -2.42. The van der Waals surface area contributed by atoms with Crippen LogP contribution in [0.2, 0.25) is 0 Å². The van der Waals surface area contributed by atoms with Gasteiger partial charge in [0.1, 0.15) is 55.4 Å². The van der Waals surface area contributed by atoms with Crippen molar-refractivity contribution in [3.8, 4) is 0 Å². The molecule has 7 N–H and O–H groups in total. The molecule has 2 aliphatic rings. The van der Waals surface area contributed by atoms with Gasteiger partial charge in [-0.25, -0.2) is 0 Å². The van der Waals surface area contributed by atoms with Crippen LogP contribution < -0.4 is 0 Å². The van der Waals surface area contributed by atoms with Crippen LogP contribution in [0.1, 0.15) is 194 Å². The second kappa shape index (κ2) is 38.8. The third-order valence-corrected chi connectivity index (χ3v) is 12.4. The number of ether oxygens (including phenoxy) is 6. The normalized spacial score (nSPS) is 26.3. The minimum Gasteiger partial charge on any atom is -0.462 e. The number of unbranched alkanes of at least 4 members (excludes halogenated alkanes) is 22. The molecule has 0 aromatic heterocycles. The molecule has 386 valence electrons. The van der Waals surface area contributed by atoms with E-state index in [0.29, 0.717) is 12.8 Å². The van der Waals surface area contributed by atoms with Gasteiger partial charge in [0.2, 0.25) is 0 Å². The highest BCUT2D eigenvalue weighted by Gasteiger charge is 2.47. The highest BCUT2D eigenvalue weighted by Crippen LogP contribution is 2.26. The van der Waals surface area contributed by atoms with Crippen LogP contribution in [0.5, 0.6) is 0 Å². The number of carbonyl (C=O) groups is 2. The van der Waals surface area contributed by atoms with E-state index in [9.17, 15) is 45.3 Å². The van der Waals surface area contributed by atoms with Crippen LogP contribution in [-0.4, -0.2) is 142 Å². The Morgan fingerprint density at radius 3 is 1.44 bits per heavy atom. The summed E-state index contributed by atoms with van der Waals surface area (Å²) in [6, 6.07) is 0. The number of carbonyl (C=O) groups excluding carboxylic acids is 2. The fraction of sp³-hybridized carbons (Fsp3) is 0.882. The van der Waals surface area contributed by atoms with Gasteiger partial charge in [-0.1, -0.05) is 160 Å². The average Bonchev–Trinajstić information content (AvgIpc) is 3.31. The number of aliphatic hydroxyl groups excluding tert-OH is 7. The number of rotatable bonds is 40. The van der Waals surface area contributed by atoms with E-state index < -0.39 is 92.7 Å². The third kappa shape index (κ3) is 26.7. The van der Waals surface area contributed by atoms with Crippen molar-refractivity contribution in [1.82, 2.24) is 0 Å². The Hall–Kier alpha value is -2.02. The lowest BCUT2D eigenvalue weighted by atomic mass is 9.98. The standard InChI is InChI=1S/C51H92O15/c1-3-5-7-9-11-13-15-17-18-19-20-22-23-25-27-29-31-33-42(53)61-36-39(64-43(54)34-32-30-28-26-24-21-16-14-12-10-8-6-4-2)37-62-50-49(60)47(58)45(56)41(66-50)38-63-51-48(59)46(57)44(55)40(35-52)65-51/h11,13,17-18,39-41,44-52,55-60H,3-10,12,14-16,19-38H2,1-2H3/b13-11+,18-17+/t39-,40+,41+,44-,45-,46?,47?,48?,49?,50+,51+/m0/s1. The number of hydrogen-bond donors (Lipinski definition) is 7. The zero-order valence-electron chi connectivity index (χ0n) is 40.7. The molecule has 11 atom stereocenters. The monoisotopic (exact) mass is 945 g/mol. The Labute approximate surface area is 396 Å². The largest absolute Gasteiger partial charge is 0.462 e. The predicted octanol–water partition coefficient (Wildman–Crippen LogP) is 7.16. The first-order valence-electron chi connectivity index (χ1n) is 25.9.